The van der Waals surface area contributed by atoms with Gasteiger partial charge in [0, 0.05) is 11.5 Å². The maximum Gasteiger partial charge on any atom is 0.329 e. The third-order valence-electron chi connectivity index (χ3n) is 2.24. The zero-order chi connectivity index (χ0) is 12.0. The van der Waals surface area contributed by atoms with Crippen molar-refractivity contribution in [3.05, 3.63) is 35.9 Å². The molecule has 1 aromatic rings. The number of hydrogen-bond donors (Lipinski definition) is 3. The SMILES string of the molecule is NC(CSCCO)(C(=O)O)c1ccccc1. The first-order valence-corrected chi connectivity index (χ1v) is 6.03. The minimum atomic E-state index is -1.39. The molecule has 0 amide bonds. The summed E-state index contributed by atoms with van der Waals surface area (Å²) < 4.78 is 0. The summed E-state index contributed by atoms with van der Waals surface area (Å²) in [7, 11) is 0. The fourth-order valence-electron chi connectivity index (χ4n) is 1.30. The predicted octanol–water partition coefficient (Wildman–Crippen LogP) is 0.651. The number of aliphatic hydroxyl groups is 1. The summed E-state index contributed by atoms with van der Waals surface area (Å²) >= 11 is 1.33. The summed E-state index contributed by atoms with van der Waals surface area (Å²) in [4.78, 5) is 11.2. The molecule has 1 atom stereocenters. The lowest BCUT2D eigenvalue weighted by Crippen LogP contribution is -2.47. The Morgan fingerprint density at radius 3 is 2.50 bits per heavy atom. The minimum Gasteiger partial charge on any atom is -0.480 e. The molecule has 0 spiro atoms. The Labute approximate surface area is 98.5 Å². The molecule has 0 heterocycles. The lowest BCUT2D eigenvalue weighted by molar-refractivity contribution is -0.142. The fourth-order valence-corrected chi connectivity index (χ4v) is 2.19. The number of carboxylic acid groups (broad SMARTS) is 1. The minimum absolute atomic E-state index is 0.0230. The lowest BCUT2D eigenvalue weighted by Gasteiger charge is -2.24. The van der Waals surface area contributed by atoms with Crippen LogP contribution < -0.4 is 5.73 Å². The number of carbonyl (C=O) groups is 1. The fraction of sp³-hybridized carbons (Fsp3) is 0.364. The van der Waals surface area contributed by atoms with E-state index in [0.717, 1.165) is 0 Å². The number of benzene rings is 1. The molecule has 0 radical (unpaired) electrons. The Balaban J connectivity index is 2.85. The summed E-state index contributed by atoms with van der Waals surface area (Å²) in [5, 5.41) is 17.8. The van der Waals surface area contributed by atoms with Crippen LogP contribution in [0.2, 0.25) is 0 Å². The third kappa shape index (κ3) is 2.98. The van der Waals surface area contributed by atoms with Gasteiger partial charge in [0.2, 0.25) is 0 Å². The number of aliphatic carboxylic acids is 1. The van der Waals surface area contributed by atoms with Crippen LogP contribution in [-0.4, -0.2) is 34.3 Å². The van der Waals surface area contributed by atoms with Gasteiger partial charge in [-0.25, -0.2) is 4.79 Å². The third-order valence-corrected chi connectivity index (χ3v) is 3.37. The van der Waals surface area contributed by atoms with Crippen LogP contribution in [0.3, 0.4) is 0 Å². The molecule has 5 heteroatoms. The number of thioether (sulfide) groups is 1. The van der Waals surface area contributed by atoms with Gasteiger partial charge >= 0.3 is 5.97 Å². The molecule has 1 aromatic carbocycles. The Kier molecular flexibility index (Phi) is 4.79. The summed E-state index contributed by atoms with van der Waals surface area (Å²) in [6, 6.07) is 8.74. The van der Waals surface area contributed by atoms with Crippen LogP contribution >= 0.6 is 11.8 Å². The Morgan fingerprint density at radius 1 is 1.38 bits per heavy atom. The molecule has 16 heavy (non-hydrogen) atoms. The van der Waals surface area contributed by atoms with Gasteiger partial charge in [-0.1, -0.05) is 30.3 Å². The van der Waals surface area contributed by atoms with Crippen LogP contribution in [0.4, 0.5) is 0 Å². The molecule has 4 N–H and O–H groups in total. The van der Waals surface area contributed by atoms with Gasteiger partial charge in [-0.15, -0.1) is 0 Å². The number of rotatable bonds is 6. The molecule has 4 nitrogen and oxygen atoms in total. The van der Waals surface area contributed by atoms with Crippen LogP contribution in [-0.2, 0) is 10.3 Å². The molecule has 0 saturated carbocycles. The molecule has 0 saturated heterocycles. The first-order chi connectivity index (χ1) is 7.61. The van der Waals surface area contributed by atoms with Crippen LogP contribution in [0.15, 0.2) is 30.3 Å². The van der Waals surface area contributed by atoms with E-state index in [1.807, 2.05) is 6.07 Å². The van der Waals surface area contributed by atoms with E-state index in [4.69, 9.17) is 10.8 Å². The van der Waals surface area contributed by atoms with E-state index < -0.39 is 11.5 Å². The maximum absolute atomic E-state index is 11.2. The first-order valence-electron chi connectivity index (χ1n) is 4.87. The Morgan fingerprint density at radius 2 is 2.00 bits per heavy atom. The first kappa shape index (κ1) is 13.0. The highest BCUT2D eigenvalue weighted by molar-refractivity contribution is 7.99. The van der Waals surface area contributed by atoms with E-state index >= 15 is 0 Å². The molecule has 88 valence electrons. The zero-order valence-corrected chi connectivity index (χ0v) is 9.61. The molecular formula is C11H15NO3S. The van der Waals surface area contributed by atoms with Crippen molar-refractivity contribution < 1.29 is 15.0 Å². The quantitative estimate of drug-likeness (QED) is 0.637. The monoisotopic (exact) mass is 241 g/mol. The Bertz CT molecular complexity index is 344. The van der Waals surface area contributed by atoms with Crippen molar-refractivity contribution in [2.24, 2.45) is 5.73 Å². The zero-order valence-electron chi connectivity index (χ0n) is 8.80. The number of aliphatic hydroxyl groups excluding tert-OH is 1. The summed E-state index contributed by atoms with van der Waals surface area (Å²) in [6.07, 6.45) is 0. The molecule has 1 rings (SSSR count). The van der Waals surface area contributed by atoms with Gasteiger partial charge in [0.05, 0.1) is 6.61 Å². The summed E-state index contributed by atoms with van der Waals surface area (Å²) in [6.45, 7) is 0.0230. The van der Waals surface area contributed by atoms with Crippen molar-refractivity contribution >= 4 is 17.7 Å². The number of hydrogen-bond acceptors (Lipinski definition) is 4. The summed E-state index contributed by atoms with van der Waals surface area (Å²) in [5.41, 5.74) is 5.09. The topological polar surface area (TPSA) is 83.5 Å². The normalized spacial score (nSPS) is 14.4. The van der Waals surface area contributed by atoms with Gasteiger partial charge < -0.3 is 15.9 Å². The van der Waals surface area contributed by atoms with Crippen LogP contribution in [0, 0.1) is 0 Å². The van der Waals surface area contributed by atoms with E-state index in [2.05, 4.69) is 0 Å². The van der Waals surface area contributed by atoms with Crippen molar-refractivity contribution in [3.63, 3.8) is 0 Å². The average molecular weight is 241 g/mol. The van der Waals surface area contributed by atoms with Crippen molar-refractivity contribution in [1.29, 1.82) is 0 Å². The van der Waals surface area contributed by atoms with Crippen LogP contribution in [0.5, 0.6) is 0 Å². The van der Waals surface area contributed by atoms with Gasteiger partial charge in [0.15, 0.2) is 0 Å². The lowest BCUT2D eigenvalue weighted by atomic mass is 9.93. The molecule has 0 aliphatic heterocycles. The average Bonchev–Trinajstić information content (AvgIpc) is 2.30. The van der Waals surface area contributed by atoms with Gasteiger partial charge in [-0.05, 0) is 5.56 Å². The largest absolute Gasteiger partial charge is 0.480 e. The van der Waals surface area contributed by atoms with Crippen molar-refractivity contribution in [2.45, 2.75) is 5.54 Å². The van der Waals surface area contributed by atoms with E-state index in [0.29, 0.717) is 11.3 Å². The van der Waals surface area contributed by atoms with Gasteiger partial charge in [-0.2, -0.15) is 11.8 Å². The number of carboxylic acids is 1. The summed E-state index contributed by atoms with van der Waals surface area (Å²) in [5.74, 6) is -0.324. The molecule has 1 unspecified atom stereocenters. The van der Waals surface area contributed by atoms with E-state index in [1.165, 1.54) is 11.8 Å². The van der Waals surface area contributed by atoms with Crippen LogP contribution in [0.1, 0.15) is 5.56 Å². The second kappa shape index (κ2) is 5.89. The Hall–Kier alpha value is -1.04. The molecule has 0 aromatic heterocycles. The highest BCUT2D eigenvalue weighted by atomic mass is 32.2. The molecule has 0 bridgehead atoms. The standard InChI is InChI=1S/C11H15NO3S/c12-11(10(14)15,8-16-7-6-13)9-4-2-1-3-5-9/h1-5,13H,6-8,12H2,(H,14,15). The van der Waals surface area contributed by atoms with Crippen molar-refractivity contribution in [3.8, 4) is 0 Å². The smallest absolute Gasteiger partial charge is 0.329 e. The van der Waals surface area contributed by atoms with E-state index in [9.17, 15) is 9.90 Å². The predicted molar refractivity (Wildman–Crippen MR) is 64.4 cm³/mol. The van der Waals surface area contributed by atoms with Gasteiger partial charge in [-0.3, -0.25) is 0 Å². The van der Waals surface area contributed by atoms with Crippen molar-refractivity contribution in [2.75, 3.05) is 18.1 Å². The molecule has 0 aliphatic rings. The van der Waals surface area contributed by atoms with Gasteiger partial charge in [0.1, 0.15) is 5.54 Å². The molecular weight excluding hydrogens is 226 g/mol. The molecule has 0 aliphatic carbocycles. The van der Waals surface area contributed by atoms with E-state index in [1.54, 1.807) is 24.3 Å². The second-order valence-corrected chi connectivity index (χ2v) is 4.52. The highest BCUT2D eigenvalue weighted by Crippen LogP contribution is 2.23. The number of nitrogens with two attached hydrogens (primary N) is 1. The maximum atomic E-state index is 11.2. The second-order valence-electron chi connectivity index (χ2n) is 3.42. The van der Waals surface area contributed by atoms with Gasteiger partial charge in [0.25, 0.3) is 0 Å². The van der Waals surface area contributed by atoms with Crippen LogP contribution in [0.25, 0.3) is 0 Å². The highest BCUT2D eigenvalue weighted by Gasteiger charge is 2.35. The van der Waals surface area contributed by atoms with Crippen molar-refractivity contribution in [1.82, 2.24) is 0 Å². The molecule has 0 fully saturated rings. The van der Waals surface area contributed by atoms with E-state index in [-0.39, 0.29) is 12.4 Å².